The van der Waals surface area contributed by atoms with Crippen LogP contribution < -0.4 is 0 Å². The number of rotatable bonds is 0. The van der Waals surface area contributed by atoms with Crippen molar-refractivity contribution in [3.63, 3.8) is 0 Å². The first kappa shape index (κ1) is 15.9. The van der Waals surface area contributed by atoms with Gasteiger partial charge in [-0.25, -0.2) is 0 Å². The molecule has 1 N–H and O–H groups in total. The molecule has 3 saturated carbocycles. The quantitative estimate of drug-likeness (QED) is 0.691. The first-order valence-electron chi connectivity index (χ1n) is 9.55. The Bertz CT molecular complexity index is 527. The maximum absolute atomic E-state index is 12.2. The smallest absolute Gasteiger partial charge is 0.309 e. The zero-order valence-corrected chi connectivity index (χ0v) is 15.1. The average molecular weight is 320 g/mol. The van der Waals surface area contributed by atoms with Gasteiger partial charge in [0.05, 0.1) is 18.6 Å². The summed E-state index contributed by atoms with van der Waals surface area (Å²) in [4.78, 5) is 12.2. The van der Waals surface area contributed by atoms with Crippen molar-refractivity contribution < 1.29 is 14.6 Å². The fourth-order valence-electron chi connectivity index (χ4n) is 7.49. The summed E-state index contributed by atoms with van der Waals surface area (Å²) in [7, 11) is 0. The van der Waals surface area contributed by atoms with E-state index in [0.29, 0.717) is 29.3 Å². The van der Waals surface area contributed by atoms with Gasteiger partial charge >= 0.3 is 5.97 Å². The highest BCUT2D eigenvalue weighted by atomic mass is 16.5. The average Bonchev–Trinajstić information content (AvgIpc) is 2.77. The van der Waals surface area contributed by atoms with Gasteiger partial charge in [0.25, 0.3) is 0 Å². The van der Waals surface area contributed by atoms with Gasteiger partial charge in [-0.2, -0.15) is 0 Å². The van der Waals surface area contributed by atoms with Gasteiger partial charge in [-0.1, -0.05) is 34.1 Å². The van der Waals surface area contributed by atoms with E-state index < -0.39 is 0 Å². The number of carbonyl (C=O) groups is 1. The van der Waals surface area contributed by atoms with E-state index in [2.05, 4.69) is 27.7 Å². The summed E-state index contributed by atoms with van der Waals surface area (Å²) in [5, 5.41) is 11.1. The number of hydrogen-bond acceptors (Lipinski definition) is 3. The SMILES string of the molecule is CC1(C)CCCC2(C)C3CCC4C(=O)OCC4(C)C3C(O)CC12. The van der Waals surface area contributed by atoms with Crippen LogP contribution in [0.3, 0.4) is 0 Å². The maximum Gasteiger partial charge on any atom is 0.309 e. The lowest BCUT2D eigenvalue weighted by atomic mass is 9.40. The lowest BCUT2D eigenvalue weighted by molar-refractivity contribution is -0.195. The zero-order chi connectivity index (χ0) is 16.6. The first-order valence-corrected chi connectivity index (χ1v) is 9.55. The summed E-state index contributed by atoms with van der Waals surface area (Å²) < 4.78 is 5.46. The molecule has 3 heteroatoms. The molecule has 130 valence electrons. The molecule has 1 saturated heterocycles. The third-order valence-electron chi connectivity index (χ3n) is 8.58. The van der Waals surface area contributed by atoms with E-state index >= 15 is 0 Å². The van der Waals surface area contributed by atoms with Crippen LogP contribution in [-0.2, 0) is 9.53 Å². The highest BCUT2D eigenvalue weighted by molar-refractivity contribution is 5.76. The van der Waals surface area contributed by atoms with E-state index in [1.54, 1.807) is 0 Å². The Hall–Kier alpha value is -0.570. The van der Waals surface area contributed by atoms with E-state index in [0.717, 1.165) is 19.3 Å². The van der Waals surface area contributed by atoms with Gasteiger partial charge in [0.2, 0.25) is 0 Å². The molecule has 1 aliphatic heterocycles. The number of cyclic esters (lactones) is 1. The molecule has 4 aliphatic rings. The monoisotopic (exact) mass is 320 g/mol. The summed E-state index contributed by atoms with van der Waals surface area (Å²) in [6, 6.07) is 0. The first-order chi connectivity index (χ1) is 10.7. The third kappa shape index (κ3) is 1.95. The van der Waals surface area contributed by atoms with E-state index in [1.165, 1.54) is 19.3 Å². The van der Waals surface area contributed by atoms with Crippen LogP contribution in [0.2, 0.25) is 0 Å². The minimum absolute atomic E-state index is 0.00940. The van der Waals surface area contributed by atoms with Crippen molar-refractivity contribution in [1.29, 1.82) is 0 Å². The number of fused-ring (bicyclic) bond motifs is 5. The summed E-state index contributed by atoms with van der Waals surface area (Å²) in [5.74, 6) is 1.34. The van der Waals surface area contributed by atoms with Gasteiger partial charge in [0.1, 0.15) is 0 Å². The van der Waals surface area contributed by atoms with E-state index in [-0.39, 0.29) is 29.3 Å². The standard InChI is InChI=1S/C20H32O3/c1-18(2)8-5-9-19(3)12-6-7-13-17(22)23-11-20(13,4)16(12)14(21)10-15(18)19/h12-16,21H,5-11H2,1-4H3. The summed E-state index contributed by atoms with van der Waals surface area (Å²) >= 11 is 0. The highest BCUT2D eigenvalue weighted by Gasteiger charge is 2.66. The van der Waals surface area contributed by atoms with Crippen molar-refractivity contribution in [2.24, 2.45) is 39.9 Å². The Kier molecular flexibility index (Phi) is 3.28. The Morgan fingerprint density at radius 2 is 1.83 bits per heavy atom. The maximum atomic E-state index is 12.2. The molecule has 3 nitrogen and oxygen atoms in total. The van der Waals surface area contributed by atoms with Gasteiger partial charge in [-0.3, -0.25) is 4.79 Å². The number of esters is 1. The topological polar surface area (TPSA) is 46.5 Å². The van der Waals surface area contributed by atoms with Gasteiger partial charge in [0.15, 0.2) is 0 Å². The largest absolute Gasteiger partial charge is 0.465 e. The van der Waals surface area contributed by atoms with Gasteiger partial charge in [-0.05, 0) is 60.7 Å². The minimum Gasteiger partial charge on any atom is -0.465 e. The van der Waals surface area contributed by atoms with E-state index in [9.17, 15) is 9.90 Å². The van der Waals surface area contributed by atoms with Crippen molar-refractivity contribution in [1.82, 2.24) is 0 Å². The lowest BCUT2D eigenvalue weighted by Crippen LogP contribution is -2.62. The summed E-state index contributed by atoms with van der Waals surface area (Å²) in [6.07, 6.45) is 6.52. The fraction of sp³-hybridized carbons (Fsp3) is 0.950. The minimum atomic E-state index is -0.280. The molecule has 0 aromatic carbocycles. The fourth-order valence-corrected chi connectivity index (χ4v) is 7.49. The van der Waals surface area contributed by atoms with Crippen LogP contribution >= 0.6 is 0 Å². The van der Waals surface area contributed by atoms with Crippen LogP contribution in [0.4, 0.5) is 0 Å². The molecule has 0 bridgehead atoms. The van der Waals surface area contributed by atoms with Crippen molar-refractivity contribution in [3.8, 4) is 0 Å². The van der Waals surface area contributed by atoms with E-state index in [4.69, 9.17) is 4.74 Å². The zero-order valence-electron chi connectivity index (χ0n) is 15.1. The van der Waals surface area contributed by atoms with Gasteiger partial charge < -0.3 is 9.84 Å². The van der Waals surface area contributed by atoms with Crippen LogP contribution in [-0.4, -0.2) is 23.8 Å². The van der Waals surface area contributed by atoms with E-state index in [1.807, 2.05) is 0 Å². The third-order valence-corrected chi connectivity index (χ3v) is 8.58. The van der Waals surface area contributed by atoms with Crippen molar-refractivity contribution in [3.05, 3.63) is 0 Å². The Labute approximate surface area is 140 Å². The molecule has 4 rings (SSSR count). The van der Waals surface area contributed by atoms with Crippen molar-refractivity contribution >= 4 is 5.97 Å². The van der Waals surface area contributed by atoms with Crippen LogP contribution in [0.15, 0.2) is 0 Å². The molecule has 0 aromatic heterocycles. The molecular formula is C20H32O3. The Morgan fingerprint density at radius 3 is 2.57 bits per heavy atom. The number of ether oxygens (including phenoxy) is 1. The number of aliphatic hydroxyl groups is 1. The molecule has 7 unspecified atom stereocenters. The van der Waals surface area contributed by atoms with Gasteiger partial charge in [0, 0.05) is 5.41 Å². The Balaban J connectivity index is 1.75. The lowest BCUT2D eigenvalue weighted by Gasteiger charge is -2.64. The molecule has 1 heterocycles. The summed E-state index contributed by atoms with van der Waals surface area (Å²) in [6.45, 7) is 10.0. The molecule has 23 heavy (non-hydrogen) atoms. The van der Waals surface area contributed by atoms with Crippen molar-refractivity contribution in [2.75, 3.05) is 6.61 Å². The molecule has 7 atom stereocenters. The highest BCUT2D eigenvalue weighted by Crippen LogP contribution is 2.68. The second kappa shape index (κ2) is 4.74. The normalized spacial score (nSPS) is 54.7. The molecule has 4 fully saturated rings. The predicted molar refractivity (Wildman–Crippen MR) is 88.6 cm³/mol. The number of hydrogen-bond donors (Lipinski definition) is 1. The molecule has 0 amide bonds. The van der Waals surface area contributed by atoms with Gasteiger partial charge in [-0.15, -0.1) is 0 Å². The van der Waals surface area contributed by atoms with Crippen LogP contribution in [0, 0.1) is 39.9 Å². The molecule has 0 radical (unpaired) electrons. The van der Waals surface area contributed by atoms with Crippen LogP contribution in [0.25, 0.3) is 0 Å². The molecular weight excluding hydrogens is 288 g/mol. The second-order valence-electron chi connectivity index (χ2n) is 10.1. The van der Waals surface area contributed by atoms with Crippen molar-refractivity contribution in [2.45, 2.75) is 72.3 Å². The van der Waals surface area contributed by atoms with Crippen LogP contribution in [0.5, 0.6) is 0 Å². The molecule has 3 aliphatic carbocycles. The predicted octanol–water partition coefficient (Wildman–Crippen LogP) is 3.79. The second-order valence-corrected chi connectivity index (χ2v) is 10.1. The number of carbonyl (C=O) groups excluding carboxylic acids is 1. The molecule has 0 aromatic rings. The van der Waals surface area contributed by atoms with Crippen LogP contribution in [0.1, 0.15) is 66.2 Å². The molecule has 0 spiro atoms. The Morgan fingerprint density at radius 1 is 1.09 bits per heavy atom. The summed E-state index contributed by atoms with van der Waals surface area (Å²) in [5.41, 5.74) is 0.471. The number of aliphatic hydroxyl groups excluding tert-OH is 1.